The Labute approximate surface area is 175 Å². The molecule has 0 aliphatic carbocycles. The van der Waals surface area contributed by atoms with Gasteiger partial charge in [0.15, 0.2) is 0 Å². The van der Waals surface area contributed by atoms with E-state index < -0.39 is 0 Å². The first-order valence-corrected chi connectivity index (χ1v) is 9.84. The maximum absolute atomic E-state index is 13.2. The molecule has 1 N–H and O–H groups in total. The number of halogens is 1. The van der Waals surface area contributed by atoms with E-state index in [1.54, 1.807) is 0 Å². The molecule has 3 nitrogen and oxygen atoms in total. The lowest BCUT2D eigenvalue weighted by Crippen LogP contribution is -2.13. The smallest absolute Gasteiger partial charge is 0.256 e. The van der Waals surface area contributed by atoms with Gasteiger partial charge in [0, 0.05) is 21.7 Å². The molecule has 0 spiro atoms. The fourth-order valence-electron chi connectivity index (χ4n) is 3.56. The van der Waals surface area contributed by atoms with Crippen LogP contribution in [0.3, 0.4) is 0 Å². The second kappa shape index (κ2) is 7.69. The van der Waals surface area contributed by atoms with E-state index in [4.69, 9.17) is 16.6 Å². The zero-order chi connectivity index (χ0) is 20.5. The van der Waals surface area contributed by atoms with Crippen molar-refractivity contribution in [2.75, 3.05) is 5.32 Å². The number of pyridine rings is 1. The maximum Gasteiger partial charge on any atom is 0.256 e. The molecule has 0 aliphatic heterocycles. The van der Waals surface area contributed by atoms with Crippen molar-refractivity contribution in [1.29, 1.82) is 0 Å². The molecule has 1 heterocycles. The molecule has 4 rings (SSSR count). The van der Waals surface area contributed by atoms with Gasteiger partial charge in [-0.2, -0.15) is 0 Å². The molecule has 144 valence electrons. The molecule has 29 heavy (non-hydrogen) atoms. The topological polar surface area (TPSA) is 42.0 Å². The predicted octanol–water partition coefficient (Wildman–Crippen LogP) is 6.73. The summed E-state index contributed by atoms with van der Waals surface area (Å²) in [6.07, 6.45) is 0. The van der Waals surface area contributed by atoms with Crippen LogP contribution >= 0.6 is 11.6 Å². The highest BCUT2D eigenvalue weighted by Gasteiger charge is 2.16. The highest BCUT2D eigenvalue weighted by atomic mass is 35.5. The third kappa shape index (κ3) is 4.01. The van der Waals surface area contributed by atoms with Gasteiger partial charge in [-0.25, -0.2) is 4.98 Å². The van der Waals surface area contributed by atoms with E-state index in [2.05, 4.69) is 11.4 Å². The molecule has 0 saturated heterocycles. The van der Waals surface area contributed by atoms with Crippen LogP contribution in [-0.4, -0.2) is 10.9 Å². The fourth-order valence-corrected chi connectivity index (χ4v) is 3.68. The first kappa shape index (κ1) is 19.2. The molecule has 1 aromatic heterocycles. The maximum atomic E-state index is 13.2. The van der Waals surface area contributed by atoms with E-state index in [1.807, 2.05) is 81.4 Å². The minimum absolute atomic E-state index is 0.150. The minimum atomic E-state index is -0.150. The molecule has 0 saturated carbocycles. The van der Waals surface area contributed by atoms with Crippen LogP contribution in [0.15, 0.2) is 66.7 Å². The molecular weight excluding hydrogens is 380 g/mol. The van der Waals surface area contributed by atoms with Gasteiger partial charge in [-0.3, -0.25) is 4.79 Å². The number of anilines is 1. The van der Waals surface area contributed by atoms with Crippen LogP contribution in [0.2, 0.25) is 5.02 Å². The fraction of sp³-hybridized carbons (Fsp3) is 0.120. The standard InChI is InChI=1S/C25H21ClN2O/c1-15-5-4-6-20(12-15)27-25(29)22-14-23(18-7-9-19(26)10-8-18)28-24-17(3)11-16(2)13-21(22)24/h4-14H,1-3H3,(H,27,29). The van der Waals surface area contributed by atoms with Gasteiger partial charge in [-0.15, -0.1) is 0 Å². The summed E-state index contributed by atoms with van der Waals surface area (Å²) in [6, 6.07) is 21.2. The Kier molecular flexibility index (Phi) is 5.08. The molecule has 0 radical (unpaired) electrons. The van der Waals surface area contributed by atoms with Crippen molar-refractivity contribution in [3.8, 4) is 11.3 Å². The van der Waals surface area contributed by atoms with Crippen molar-refractivity contribution < 1.29 is 4.79 Å². The lowest BCUT2D eigenvalue weighted by molar-refractivity contribution is 0.102. The Morgan fingerprint density at radius 2 is 1.66 bits per heavy atom. The largest absolute Gasteiger partial charge is 0.322 e. The number of nitrogens with one attached hydrogen (secondary N) is 1. The monoisotopic (exact) mass is 400 g/mol. The first-order chi connectivity index (χ1) is 13.9. The van der Waals surface area contributed by atoms with E-state index in [-0.39, 0.29) is 5.91 Å². The van der Waals surface area contributed by atoms with E-state index in [9.17, 15) is 4.79 Å². The number of hydrogen-bond acceptors (Lipinski definition) is 2. The third-order valence-electron chi connectivity index (χ3n) is 4.91. The van der Waals surface area contributed by atoms with Crippen molar-refractivity contribution in [2.45, 2.75) is 20.8 Å². The average molecular weight is 401 g/mol. The summed E-state index contributed by atoms with van der Waals surface area (Å²) in [5.74, 6) is -0.150. The van der Waals surface area contributed by atoms with Gasteiger partial charge < -0.3 is 5.32 Å². The Bertz CT molecular complexity index is 1230. The lowest BCUT2D eigenvalue weighted by atomic mass is 9.99. The predicted molar refractivity (Wildman–Crippen MR) is 121 cm³/mol. The van der Waals surface area contributed by atoms with Crippen molar-refractivity contribution in [1.82, 2.24) is 4.98 Å². The summed E-state index contributed by atoms with van der Waals surface area (Å²) in [7, 11) is 0. The Morgan fingerprint density at radius 1 is 0.897 bits per heavy atom. The number of carbonyl (C=O) groups is 1. The van der Waals surface area contributed by atoms with Gasteiger partial charge >= 0.3 is 0 Å². The molecule has 0 bridgehead atoms. The van der Waals surface area contributed by atoms with E-state index in [0.29, 0.717) is 10.6 Å². The zero-order valence-electron chi connectivity index (χ0n) is 16.6. The summed E-state index contributed by atoms with van der Waals surface area (Å²) >= 11 is 6.04. The number of rotatable bonds is 3. The molecule has 4 aromatic rings. The van der Waals surface area contributed by atoms with E-state index in [0.717, 1.165) is 44.5 Å². The molecule has 1 amide bonds. The minimum Gasteiger partial charge on any atom is -0.322 e. The SMILES string of the molecule is Cc1cccc(NC(=O)c2cc(-c3ccc(Cl)cc3)nc3c(C)cc(C)cc23)c1. The van der Waals surface area contributed by atoms with Crippen molar-refractivity contribution >= 4 is 34.1 Å². The summed E-state index contributed by atoms with van der Waals surface area (Å²) in [5, 5.41) is 4.55. The molecule has 0 unspecified atom stereocenters. The number of fused-ring (bicyclic) bond motifs is 1. The van der Waals surface area contributed by atoms with E-state index >= 15 is 0 Å². The number of amides is 1. The van der Waals surface area contributed by atoms with Gasteiger partial charge in [-0.1, -0.05) is 47.5 Å². The number of aromatic nitrogens is 1. The summed E-state index contributed by atoms with van der Waals surface area (Å²) in [5.41, 5.74) is 7.11. The lowest BCUT2D eigenvalue weighted by Gasteiger charge is -2.13. The quantitative estimate of drug-likeness (QED) is 0.414. The van der Waals surface area contributed by atoms with Crippen LogP contribution in [0.25, 0.3) is 22.2 Å². The second-order valence-corrected chi connectivity index (χ2v) is 7.80. The Hall–Kier alpha value is -3.17. The number of nitrogens with zero attached hydrogens (tertiary/aromatic N) is 1. The van der Waals surface area contributed by atoms with Crippen LogP contribution in [0, 0.1) is 20.8 Å². The number of carbonyl (C=O) groups excluding carboxylic acids is 1. The Morgan fingerprint density at radius 3 is 2.38 bits per heavy atom. The average Bonchev–Trinajstić information content (AvgIpc) is 2.68. The summed E-state index contributed by atoms with van der Waals surface area (Å²) in [4.78, 5) is 18.1. The van der Waals surface area contributed by atoms with E-state index in [1.165, 1.54) is 0 Å². The molecule has 0 aliphatic rings. The summed E-state index contributed by atoms with van der Waals surface area (Å²) in [6.45, 7) is 6.06. The summed E-state index contributed by atoms with van der Waals surface area (Å²) < 4.78 is 0. The van der Waals surface area contributed by atoms with Crippen molar-refractivity contribution in [2.24, 2.45) is 0 Å². The Balaban J connectivity index is 1.88. The first-order valence-electron chi connectivity index (χ1n) is 9.47. The normalized spacial score (nSPS) is 10.9. The molecular formula is C25H21ClN2O. The van der Waals surface area contributed by atoms with Crippen LogP contribution in [0.5, 0.6) is 0 Å². The molecule has 4 heteroatoms. The molecule has 0 atom stereocenters. The van der Waals surface area contributed by atoms with Crippen molar-refractivity contribution in [3.05, 3.63) is 94.0 Å². The van der Waals surface area contributed by atoms with Crippen molar-refractivity contribution in [3.63, 3.8) is 0 Å². The van der Waals surface area contributed by atoms with Crippen LogP contribution in [0.4, 0.5) is 5.69 Å². The van der Waals surface area contributed by atoms with Gasteiger partial charge in [0.25, 0.3) is 5.91 Å². The van der Waals surface area contributed by atoms with Crippen LogP contribution in [-0.2, 0) is 0 Å². The number of aryl methyl sites for hydroxylation is 3. The van der Waals surface area contributed by atoms with Gasteiger partial charge in [0.2, 0.25) is 0 Å². The van der Waals surface area contributed by atoms with Crippen LogP contribution in [0.1, 0.15) is 27.0 Å². The van der Waals surface area contributed by atoms with Gasteiger partial charge in [-0.05, 0) is 68.3 Å². The van der Waals surface area contributed by atoms with Gasteiger partial charge in [0.1, 0.15) is 0 Å². The highest BCUT2D eigenvalue weighted by Crippen LogP contribution is 2.29. The molecule has 3 aromatic carbocycles. The number of benzene rings is 3. The zero-order valence-corrected chi connectivity index (χ0v) is 17.3. The third-order valence-corrected chi connectivity index (χ3v) is 5.16. The number of hydrogen-bond donors (Lipinski definition) is 1. The second-order valence-electron chi connectivity index (χ2n) is 7.36. The molecule has 0 fully saturated rings. The van der Waals surface area contributed by atoms with Gasteiger partial charge in [0.05, 0.1) is 16.8 Å². The highest BCUT2D eigenvalue weighted by molar-refractivity contribution is 6.30. The van der Waals surface area contributed by atoms with Crippen LogP contribution < -0.4 is 5.32 Å².